The monoisotopic (exact) mass is 463 g/mol. The molecule has 5 rings (SSSR count). The van der Waals surface area contributed by atoms with E-state index in [2.05, 4.69) is 0 Å². The van der Waals surface area contributed by atoms with Crippen molar-refractivity contribution in [2.45, 2.75) is 24.4 Å². The summed E-state index contributed by atoms with van der Waals surface area (Å²) in [5, 5.41) is 10.8. The molecule has 0 spiro atoms. The summed E-state index contributed by atoms with van der Waals surface area (Å²) >= 11 is 0. The molecule has 2 aliphatic heterocycles. The molecule has 0 aliphatic carbocycles. The first-order chi connectivity index (χ1) is 15.9. The van der Waals surface area contributed by atoms with Crippen LogP contribution in [0.4, 0.5) is 0 Å². The van der Waals surface area contributed by atoms with Crippen molar-refractivity contribution in [2.24, 2.45) is 0 Å². The van der Waals surface area contributed by atoms with Crippen molar-refractivity contribution in [3.8, 4) is 11.5 Å². The van der Waals surface area contributed by atoms with Crippen LogP contribution in [-0.4, -0.2) is 31.1 Å². The highest BCUT2D eigenvalue weighted by molar-refractivity contribution is 7.95. The number of amides is 1. The third kappa shape index (κ3) is 3.62. The lowest BCUT2D eigenvalue weighted by Gasteiger charge is -2.27. The van der Waals surface area contributed by atoms with Crippen LogP contribution < -0.4 is 9.47 Å². The molecule has 0 bridgehead atoms. The van der Waals surface area contributed by atoms with Gasteiger partial charge in [-0.1, -0.05) is 54.1 Å². The van der Waals surface area contributed by atoms with E-state index in [4.69, 9.17) is 9.47 Å². The maximum atomic E-state index is 13.6. The molecular formula is C25H21NO6S. The van der Waals surface area contributed by atoms with Gasteiger partial charge in [-0.2, -0.15) is 0 Å². The minimum atomic E-state index is -4.15. The maximum Gasteiger partial charge on any atom is 0.290 e. The Hall–Kier alpha value is -3.78. The molecule has 168 valence electrons. The summed E-state index contributed by atoms with van der Waals surface area (Å²) in [4.78, 5) is 14.2. The summed E-state index contributed by atoms with van der Waals surface area (Å²) in [6.07, 6.45) is 0. The van der Waals surface area contributed by atoms with Gasteiger partial charge >= 0.3 is 0 Å². The van der Waals surface area contributed by atoms with Crippen LogP contribution in [0.3, 0.4) is 0 Å². The zero-order valence-corrected chi connectivity index (χ0v) is 18.6. The fraction of sp³-hybridized carbons (Fsp3) is 0.160. The van der Waals surface area contributed by atoms with Crippen molar-refractivity contribution >= 4 is 15.7 Å². The van der Waals surface area contributed by atoms with Crippen LogP contribution in [0.2, 0.25) is 0 Å². The fourth-order valence-corrected chi connectivity index (χ4v) is 5.76. The summed E-state index contributed by atoms with van der Waals surface area (Å²) in [5.41, 5.74) is 2.20. The lowest BCUT2D eigenvalue weighted by atomic mass is 10.1. The van der Waals surface area contributed by atoms with E-state index in [1.54, 1.807) is 60.7 Å². The molecule has 1 atom stereocenters. The molecule has 0 fully saturated rings. The number of rotatable bonds is 5. The summed E-state index contributed by atoms with van der Waals surface area (Å²) < 4.78 is 38.0. The van der Waals surface area contributed by atoms with Crippen LogP contribution in [0.25, 0.3) is 0 Å². The van der Waals surface area contributed by atoms with E-state index in [0.717, 1.165) is 11.1 Å². The number of aliphatic hydroxyl groups is 1. The van der Waals surface area contributed by atoms with Gasteiger partial charge in [0.2, 0.25) is 16.6 Å². The summed E-state index contributed by atoms with van der Waals surface area (Å²) in [6, 6.07) is 19.5. The van der Waals surface area contributed by atoms with Crippen molar-refractivity contribution in [2.75, 3.05) is 6.79 Å². The van der Waals surface area contributed by atoms with Crippen LogP contribution in [0, 0.1) is 6.92 Å². The van der Waals surface area contributed by atoms with Gasteiger partial charge in [0.15, 0.2) is 17.3 Å². The van der Waals surface area contributed by atoms with E-state index >= 15 is 0 Å². The largest absolute Gasteiger partial charge is 0.502 e. The van der Waals surface area contributed by atoms with Gasteiger partial charge in [-0.3, -0.25) is 4.79 Å². The van der Waals surface area contributed by atoms with Gasteiger partial charge in [-0.15, -0.1) is 0 Å². The molecule has 1 amide bonds. The average Bonchev–Trinajstić information content (AvgIpc) is 3.38. The quantitative estimate of drug-likeness (QED) is 0.614. The minimum Gasteiger partial charge on any atom is -0.502 e. The smallest absolute Gasteiger partial charge is 0.290 e. The molecule has 0 saturated carbocycles. The molecule has 0 radical (unpaired) electrons. The first kappa shape index (κ1) is 21.1. The Bertz CT molecular complexity index is 1360. The van der Waals surface area contributed by atoms with E-state index in [1.807, 2.05) is 6.92 Å². The van der Waals surface area contributed by atoms with Gasteiger partial charge in [0.1, 0.15) is 4.91 Å². The minimum absolute atomic E-state index is 0.0216. The number of aliphatic hydroxyl groups excluding tert-OH is 1. The van der Waals surface area contributed by atoms with E-state index in [1.165, 1.54) is 17.0 Å². The van der Waals surface area contributed by atoms with Crippen LogP contribution in [0.15, 0.2) is 88.4 Å². The van der Waals surface area contributed by atoms with Crippen molar-refractivity contribution in [1.82, 2.24) is 4.90 Å². The number of fused-ring (bicyclic) bond motifs is 1. The molecule has 3 aromatic rings. The van der Waals surface area contributed by atoms with Crippen LogP contribution in [0.1, 0.15) is 22.7 Å². The van der Waals surface area contributed by atoms with Gasteiger partial charge in [0, 0.05) is 6.54 Å². The van der Waals surface area contributed by atoms with Crippen LogP contribution in [-0.2, 0) is 21.2 Å². The van der Waals surface area contributed by atoms with E-state index < -0.39 is 27.5 Å². The molecule has 8 heteroatoms. The first-order valence-corrected chi connectivity index (χ1v) is 11.8. The Morgan fingerprint density at radius 1 is 0.970 bits per heavy atom. The van der Waals surface area contributed by atoms with Gasteiger partial charge < -0.3 is 19.5 Å². The Labute approximate surface area is 191 Å². The second-order valence-corrected chi connectivity index (χ2v) is 9.88. The molecule has 33 heavy (non-hydrogen) atoms. The van der Waals surface area contributed by atoms with Crippen molar-refractivity contribution in [3.63, 3.8) is 0 Å². The molecule has 3 aromatic carbocycles. The number of aryl methyl sites for hydroxylation is 1. The summed E-state index contributed by atoms with van der Waals surface area (Å²) in [5.74, 6) is -0.341. The second-order valence-electron chi connectivity index (χ2n) is 7.96. The van der Waals surface area contributed by atoms with Crippen molar-refractivity contribution in [3.05, 3.63) is 100 Å². The number of carbonyl (C=O) groups excluding carboxylic acids is 1. The highest BCUT2D eigenvalue weighted by Crippen LogP contribution is 2.43. The van der Waals surface area contributed by atoms with Gasteiger partial charge in [-0.05, 0) is 42.3 Å². The van der Waals surface area contributed by atoms with Crippen LogP contribution in [0.5, 0.6) is 11.5 Å². The molecule has 7 nitrogen and oxygen atoms in total. The van der Waals surface area contributed by atoms with Crippen LogP contribution >= 0.6 is 0 Å². The fourth-order valence-electron chi connectivity index (χ4n) is 4.11. The highest BCUT2D eigenvalue weighted by atomic mass is 32.2. The van der Waals surface area contributed by atoms with Gasteiger partial charge in [0.25, 0.3) is 5.91 Å². The van der Waals surface area contributed by atoms with Gasteiger partial charge in [-0.25, -0.2) is 8.42 Å². The molecule has 0 saturated heterocycles. The van der Waals surface area contributed by atoms with E-state index in [0.29, 0.717) is 17.1 Å². The first-order valence-electron chi connectivity index (χ1n) is 10.4. The van der Waals surface area contributed by atoms with E-state index in [9.17, 15) is 18.3 Å². The Balaban J connectivity index is 1.60. The van der Waals surface area contributed by atoms with Crippen molar-refractivity contribution in [1.29, 1.82) is 0 Å². The van der Waals surface area contributed by atoms with Gasteiger partial charge in [0.05, 0.1) is 10.9 Å². The Kier molecular flexibility index (Phi) is 5.09. The second kappa shape index (κ2) is 7.97. The van der Waals surface area contributed by atoms with E-state index in [-0.39, 0.29) is 23.1 Å². The molecular weight excluding hydrogens is 442 g/mol. The maximum absolute atomic E-state index is 13.6. The SMILES string of the molecule is Cc1ccc(S(=O)(=O)C2=C(O)C(=O)N(Cc3ccc4c(c3)OCO4)[C@@H]2c2ccccc2)cc1. The third-order valence-electron chi connectivity index (χ3n) is 5.78. The summed E-state index contributed by atoms with van der Waals surface area (Å²) in [7, 11) is -4.15. The number of hydrogen-bond donors (Lipinski definition) is 1. The van der Waals surface area contributed by atoms with Crippen molar-refractivity contribution < 1.29 is 27.8 Å². The zero-order valence-electron chi connectivity index (χ0n) is 17.8. The lowest BCUT2D eigenvalue weighted by Crippen LogP contribution is -2.30. The number of benzene rings is 3. The number of hydrogen-bond acceptors (Lipinski definition) is 6. The normalized spacial score (nSPS) is 17.7. The Morgan fingerprint density at radius 2 is 1.67 bits per heavy atom. The summed E-state index contributed by atoms with van der Waals surface area (Å²) in [6.45, 7) is 2.05. The average molecular weight is 464 g/mol. The highest BCUT2D eigenvalue weighted by Gasteiger charge is 2.46. The molecule has 0 aromatic heterocycles. The molecule has 2 aliphatic rings. The number of carbonyl (C=O) groups is 1. The molecule has 2 heterocycles. The zero-order chi connectivity index (χ0) is 23.2. The molecule has 1 N–H and O–H groups in total. The topological polar surface area (TPSA) is 93.1 Å². The number of nitrogens with zero attached hydrogens (tertiary/aromatic N) is 1. The Morgan fingerprint density at radius 3 is 2.39 bits per heavy atom. The molecule has 0 unspecified atom stereocenters. The predicted octanol–water partition coefficient (Wildman–Crippen LogP) is 4.05. The third-order valence-corrected chi connectivity index (χ3v) is 7.67. The predicted molar refractivity (Wildman–Crippen MR) is 120 cm³/mol. The lowest BCUT2D eigenvalue weighted by molar-refractivity contribution is -0.130. The number of sulfone groups is 1. The number of ether oxygens (including phenoxy) is 2. The standard InChI is InChI=1S/C25H21NO6S/c1-16-7-10-19(11-8-16)33(29,30)24-22(18-5-3-2-4-6-18)26(25(28)23(24)27)14-17-9-12-20-21(13-17)32-15-31-20/h2-13,22,27H,14-15H2,1H3/t22-/m1/s1.